The minimum absolute atomic E-state index is 0.492. The van der Waals surface area contributed by atoms with Gasteiger partial charge in [-0.05, 0) is 60.9 Å². The fourth-order valence-electron chi connectivity index (χ4n) is 2.27. The summed E-state index contributed by atoms with van der Waals surface area (Å²) in [7, 11) is 0. The first-order chi connectivity index (χ1) is 9.56. The Morgan fingerprint density at radius 3 is 2.45 bits per heavy atom. The van der Waals surface area contributed by atoms with Gasteiger partial charge in [-0.2, -0.15) is 0 Å². The van der Waals surface area contributed by atoms with Gasteiger partial charge in [0.25, 0.3) is 0 Å². The van der Waals surface area contributed by atoms with E-state index in [1.165, 1.54) is 22.5 Å². The van der Waals surface area contributed by atoms with E-state index in [4.69, 9.17) is 0 Å². The normalized spacial score (nSPS) is 12.7. The Labute approximate surface area is 122 Å². The van der Waals surface area contributed by atoms with E-state index in [0.29, 0.717) is 11.8 Å². The molecule has 20 heavy (non-hydrogen) atoms. The van der Waals surface area contributed by atoms with Crippen LogP contribution >= 0.6 is 0 Å². The lowest BCUT2D eigenvalue weighted by Crippen LogP contribution is -2.00. The van der Waals surface area contributed by atoms with Crippen molar-refractivity contribution < 1.29 is 0 Å². The first-order valence-corrected chi connectivity index (χ1v) is 7.43. The average molecular weight is 268 g/mol. The van der Waals surface area contributed by atoms with Crippen LogP contribution in [0.15, 0.2) is 36.7 Å². The molecule has 0 aliphatic carbocycles. The summed E-state index contributed by atoms with van der Waals surface area (Å²) < 4.78 is 0. The molecule has 2 heteroatoms. The summed E-state index contributed by atoms with van der Waals surface area (Å²) in [5.41, 5.74) is 4.97. The molecule has 106 valence electrons. The lowest BCUT2D eigenvalue weighted by Gasteiger charge is -2.12. The second kappa shape index (κ2) is 6.65. The highest BCUT2D eigenvalue weighted by Gasteiger charge is 2.08. The van der Waals surface area contributed by atoms with Crippen LogP contribution in [0.5, 0.6) is 0 Å². The molecule has 0 saturated carbocycles. The van der Waals surface area contributed by atoms with Crippen LogP contribution in [-0.2, 0) is 6.42 Å². The first-order valence-electron chi connectivity index (χ1n) is 7.43. The molecule has 0 bridgehead atoms. The molecular weight excluding hydrogens is 244 g/mol. The molecule has 2 nitrogen and oxygen atoms in total. The molecule has 0 spiro atoms. The van der Waals surface area contributed by atoms with Gasteiger partial charge >= 0.3 is 0 Å². The third-order valence-corrected chi connectivity index (χ3v) is 3.74. The van der Waals surface area contributed by atoms with Crippen molar-refractivity contribution in [1.82, 2.24) is 9.97 Å². The third-order valence-electron chi connectivity index (χ3n) is 3.74. The minimum atomic E-state index is 0.492. The Morgan fingerprint density at radius 1 is 1.00 bits per heavy atom. The average Bonchev–Trinajstić information content (AvgIpc) is 2.46. The van der Waals surface area contributed by atoms with Crippen LogP contribution in [0.1, 0.15) is 61.5 Å². The summed E-state index contributed by atoms with van der Waals surface area (Å²) in [5.74, 6) is 0.984. The van der Waals surface area contributed by atoms with Gasteiger partial charge < -0.3 is 0 Å². The number of aromatic nitrogens is 2. The van der Waals surface area contributed by atoms with E-state index >= 15 is 0 Å². The Kier molecular flexibility index (Phi) is 4.89. The Balaban J connectivity index is 1.97. The Bertz CT molecular complexity index is 544. The van der Waals surface area contributed by atoms with E-state index in [0.717, 1.165) is 12.8 Å². The van der Waals surface area contributed by atoms with Crippen molar-refractivity contribution in [3.05, 3.63) is 59.2 Å². The van der Waals surface area contributed by atoms with Crippen molar-refractivity contribution in [2.24, 2.45) is 0 Å². The van der Waals surface area contributed by atoms with E-state index in [1.807, 2.05) is 12.4 Å². The quantitative estimate of drug-likeness (QED) is 0.789. The molecule has 0 aliphatic heterocycles. The van der Waals surface area contributed by atoms with Gasteiger partial charge in [0, 0.05) is 23.8 Å². The Hall–Kier alpha value is -1.70. The zero-order valence-corrected chi connectivity index (χ0v) is 12.9. The summed E-state index contributed by atoms with van der Waals surface area (Å²) in [6.07, 6.45) is 6.09. The highest BCUT2D eigenvalue weighted by Crippen LogP contribution is 2.20. The summed E-state index contributed by atoms with van der Waals surface area (Å²) in [6, 6.07) is 8.65. The molecule has 0 unspecified atom stereocenters. The molecule has 2 rings (SSSR count). The number of pyridine rings is 2. The topological polar surface area (TPSA) is 25.8 Å². The molecule has 1 atom stereocenters. The van der Waals surface area contributed by atoms with Crippen LogP contribution < -0.4 is 0 Å². The molecule has 0 aliphatic rings. The summed E-state index contributed by atoms with van der Waals surface area (Å²) in [5, 5.41) is 0. The van der Waals surface area contributed by atoms with Gasteiger partial charge in [-0.25, -0.2) is 0 Å². The lowest BCUT2D eigenvalue weighted by molar-refractivity contribution is 0.658. The van der Waals surface area contributed by atoms with Crippen LogP contribution in [0.4, 0.5) is 0 Å². The monoisotopic (exact) mass is 268 g/mol. The number of aryl methyl sites for hydroxylation is 2. The molecule has 2 aromatic rings. The van der Waals surface area contributed by atoms with Gasteiger partial charge in [0.15, 0.2) is 0 Å². The molecule has 0 radical (unpaired) electrons. The van der Waals surface area contributed by atoms with E-state index < -0.39 is 0 Å². The molecule has 0 aromatic carbocycles. The van der Waals surface area contributed by atoms with Crippen molar-refractivity contribution in [3.8, 4) is 0 Å². The SMILES string of the molecule is Cc1ccc([C@H](C)CCc2ccnc(C(C)C)c2)nc1. The number of hydrogen-bond acceptors (Lipinski definition) is 2. The van der Waals surface area contributed by atoms with Gasteiger partial charge in [0.1, 0.15) is 0 Å². The maximum absolute atomic E-state index is 4.52. The molecular formula is C18H24N2. The van der Waals surface area contributed by atoms with Crippen LogP contribution in [0.25, 0.3) is 0 Å². The van der Waals surface area contributed by atoms with Crippen molar-refractivity contribution in [2.45, 2.75) is 52.4 Å². The van der Waals surface area contributed by atoms with Gasteiger partial charge in [0.2, 0.25) is 0 Å². The maximum Gasteiger partial charge on any atom is 0.0432 e. The number of nitrogens with zero attached hydrogens (tertiary/aromatic N) is 2. The first kappa shape index (κ1) is 14.7. The fourth-order valence-corrected chi connectivity index (χ4v) is 2.27. The molecule has 0 saturated heterocycles. The van der Waals surface area contributed by atoms with E-state index in [2.05, 4.69) is 61.9 Å². The zero-order chi connectivity index (χ0) is 14.5. The third kappa shape index (κ3) is 3.89. The number of hydrogen-bond donors (Lipinski definition) is 0. The van der Waals surface area contributed by atoms with Crippen molar-refractivity contribution >= 4 is 0 Å². The molecule has 0 amide bonds. The van der Waals surface area contributed by atoms with Crippen LogP contribution in [0.2, 0.25) is 0 Å². The van der Waals surface area contributed by atoms with Gasteiger partial charge in [-0.15, -0.1) is 0 Å². The van der Waals surface area contributed by atoms with Crippen LogP contribution in [0, 0.1) is 6.92 Å². The minimum Gasteiger partial charge on any atom is -0.261 e. The van der Waals surface area contributed by atoms with E-state index in [1.54, 1.807) is 0 Å². The second-order valence-corrected chi connectivity index (χ2v) is 5.94. The predicted octanol–water partition coefficient (Wildman–Crippen LogP) is 4.64. The highest BCUT2D eigenvalue weighted by molar-refractivity contribution is 5.20. The molecule has 0 fully saturated rings. The highest BCUT2D eigenvalue weighted by atomic mass is 14.7. The van der Waals surface area contributed by atoms with E-state index in [9.17, 15) is 0 Å². The Morgan fingerprint density at radius 2 is 1.80 bits per heavy atom. The smallest absolute Gasteiger partial charge is 0.0432 e. The van der Waals surface area contributed by atoms with Gasteiger partial charge in [0.05, 0.1) is 0 Å². The van der Waals surface area contributed by atoms with Crippen molar-refractivity contribution in [2.75, 3.05) is 0 Å². The van der Waals surface area contributed by atoms with Crippen LogP contribution in [-0.4, -0.2) is 9.97 Å². The fraction of sp³-hybridized carbons (Fsp3) is 0.444. The van der Waals surface area contributed by atoms with Crippen molar-refractivity contribution in [3.63, 3.8) is 0 Å². The standard InChI is InChI=1S/C18H24N2/c1-13(2)18-11-16(9-10-19-18)7-6-15(4)17-8-5-14(3)12-20-17/h5,8-13,15H,6-7H2,1-4H3/t15-/m1/s1. The molecule has 2 heterocycles. The summed E-state index contributed by atoms with van der Waals surface area (Å²) in [4.78, 5) is 8.95. The summed E-state index contributed by atoms with van der Waals surface area (Å²) >= 11 is 0. The van der Waals surface area contributed by atoms with Gasteiger partial charge in [-0.1, -0.05) is 26.8 Å². The lowest BCUT2D eigenvalue weighted by atomic mass is 9.97. The van der Waals surface area contributed by atoms with Crippen LogP contribution in [0.3, 0.4) is 0 Å². The summed E-state index contributed by atoms with van der Waals surface area (Å²) in [6.45, 7) is 8.70. The predicted molar refractivity (Wildman–Crippen MR) is 84.0 cm³/mol. The molecule has 0 N–H and O–H groups in total. The largest absolute Gasteiger partial charge is 0.261 e. The van der Waals surface area contributed by atoms with E-state index in [-0.39, 0.29) is 0 Å². The second-order valence-electron chi connectivity index (χ2n) is 5.94. The maximum atomic E-state index is 4.52. The molecule has 2 aromatic heterocycles. The van der Waals surface area contributed by atoms with Gasteiger partial charge in [-0.3, -0.25) is 9.97 Å². The van der Waals surface area contributed by atoms with Crippen molar-refractivity contribution in [1.29, 1.82) is 0 Å². The number of rotatable bonds is 5. The zero-order valence-electron chi connectivity index (χ0n) is 12.9.